The predicted octanol–water partition coefficient (Wildman–Crippen LogP) is 3.04. The van der Waals surface area contributed by atoms with Crippen LogP contribution < -0.4 is 0 Å². The van der Waals surface area contributed by atoms with Gasteiger partial charge >= 0.3 is 0 Å². The van der Waals surface area contributed by atoms with Crippen LogP contribution in [-0.4, -0.2) is 6.29 Å². The fraction of sp³-hybridized carbons (Fsp3) is 0.364. The number of rotatable bonds is 6. The minimum absolute atomic E-state index is 0.809. The number of carbonyl (C=O) groups is 1. The fourth-order valence-corrected chi connectivity index (χ4v) is 0.790. The standard InChI is InChI=1S/C11H16O/c1-11(2)9-7-5-3-4-6-8-10-12/h6-10H,1,3-5H2,2H3/b8-6+,9-7+. The number of hydrogen-bond donors (Lipinski definition) is 0. The second-order valence-electron chi connectivity index (χ2n) is 2.74. The molecule has 0 aromatic rings. The van der Waals surface area contributed by atoms with Crippen LogP contribution in [0.25, 0.3) is 0 Å². The van der Waals surface area contributed by atoms with Crippen molar-refractivity contribution < 1.29 is 4.79 Å². The van der Waals surface area contributed by atoms with Crippen molar-refractivity contribution in [2.45, 2.75) is 26.2 Å². The molecular formula is C11H16O. The molecule has 0 aromatic carbocycles. The number of allylic oxidation sites excluding steroid dienone is 5. The van der Waals surface area contributed by atoms with Crippen molar-refractivity contribution in [2.75, 3.05) is 0 Å². The number of unbranched alkanes of at least 4 members (excludes halogenated alkanes) is 2. The van der Waals surface area contributed by atoms with Crippen molar-refractivity contribution >= 4 is 6.29 Å². The van der Waals surface area contributed by atoms with Gasteiger partial charge in [-0.2, -0.15) is 0 Å². The van der Waals surface area contributed by atoms with Crippen LogP contribution in [0.5, 0.6) is 0 Å². The molecule has 0 radical (unpaired) electrons. The molecule has 1 nitrogen and oxygen atoms in total. The Morgan fingerprint density at radius 3 is 2.58 bits per heavy atom. The maximum Gasteiger partial charge on any atom is 0.142 e. The largest absolute Gasteiger partial charge is 0.299 e. The zero-order chi connectivity index (χ0) is 9.23. The van der Waals surface area contributed by atoms with Crippen LogP contribution in [0.1, 0.15) is 26.2 Å². The Morgan fingerprint density at radius 2 is 2.00 bits per heavy atom. The summed E-state index contributed by atoms with van der Waals surface area (Å²) in [5, 5.41) is 0. The topological polar surface area (TPSA) is 17.1 Å². The van der Waals surface area contributed by atoms with E-state index in [1.807, 2.05) is 19.1 Å². The van der Waals surface area contributed by atoms with Crippen molar-refractivity contribution in [3.8, 4) is 0 Å². The smallest absolute Gasteiger partial charge is 0.142 e. The second-order valence-corrected chi connectivity index (χ2v) is 2.74. The number of carbonyl (C=O) groups excluding carboxylic acids is 1. The minimum atomic E-state index is 0.809. The Bertz CT molecular complexity index is 187. The van der Waals surface area contributed by atoms with Crippen molar-refractivity contribution in [1.82, 2.24) is 0 Å². The zero-order valence-corrected chi connectivity index (χ0v) is 7.62. The lowest BCUT2D eigenvalue weighted by Crippen LogP contribution is -1.70. The number of hydrogen-bond acceptors (Lipinski definition) is 1. The molecule has 12 heavy (non-hydrogen) atoms. The van der Waals surface area contributed by atoms with E-state index in [9.17, 15) is 4.79 Å². The highest BCUT2D eigenvalue weighted by Gasteiger charge is 1.80. The van der Waals surface area contributed by atoms with Gasteiger partial charge in [-0.1, -0.05) is 30.4 Å². The molecule has 0 saturated heterocycles. The van der Waals surface area contributed by atoms with Gasteiger partial charge in [0, 0.05) is 0 Å². The maximum absolute atomic E-state index is 9.87. The Balaban J connectivity index is 3.26. The molecule has 0 aliphatic heterocycles. The fourth-order valence-electron chi connectivity index (χ4n) is 0.790. The first-order valence-electron chi connectivity index (χ1n) is 4.19. The third kappa shape index (κ3) is 8.89. The molecule has 0 spiro atoms. The van der Waals surface area contributed by atoms with Gasteiger partial charge in [0.25, 0.3) is 0 Å². The summed E-state index contributed by atoms with van der Waals surface area (Å²) in [6.07, 6.45) is 11.5. The second kappa shape index (κ2) is 7.99. The predicted molar refractivity (Wildman–Crippen MR) is 53.0 cm³/mol. The first kappa shape index (κ1) is 10.9. The van der Waals surface area contributed by atoms with E-state index in [1.54, 1.807) is 6.08 Å². The molecule has 0 rings (SSSR count). The van der Waals surface area contributed by atoms with Gasteiger partial charge in [-0.25, -0.2) is 0 Å². The Morgan fingerprint density at radius 1 is 1.33 bits per heavy atom. The molecule has 0 aromatic heterocycles. The molecule has 0 N–H and O–H groups in total. The van der Waals surface area contributed by atoms with Crippen molar-refractivity contribution in [1.29, 1.82) is 0 Å². The van der Waals surface area contributed by atoms with Gasteiger partial charge in [0.1, 0.15) is 6.29 Å². The van der Waals surface area contributed by atoms with E-state index in [2.05, 4.69) is 12.7 Å². The Labute approximate surface area is 74.5 Å². The van der Waals surface area contributed by atoms with E-state index in [1.165, 1.54) is 0 Å². The molecule has 0 aliphatic carbocycles. The summed E-state index contributed by atoms with van der Waals surface area (Å²) >= 11 is 0. The summed E-state index contributed by atoms with van der Waals surface area (Å²) in [5.41, 5.74) is 1.08. The summed E-state index contributed by atoms with van der Waals surface area (Å²) in [4.78, 5) is 9.87. The molecule has 0 atom stereocenters. The average molecular weight is 164 g/mol. The van der Waals surface area contributed by atoms with Crippen LogP contribution in [0.4, 0.5) is 0 Å². The van der Waals surface area contributed by atoms with E-state index < -0.39 is 0 Å². The van der Waals surface area contributed by atoms with Crippen molar-refractivity contribution in [3.63, 3.8) is 0 Å². The summed E-state index contributed by atoms with van der Waals surface area (Å²) in [5.74, 6) is 0. The first-order valence-corrected chi connectivity index (χ1v) is 4.19. The summed E-state index contributed by atoms with van der Waals surface area (Å²) < 4.78 is 0. The molecule has 0 unspecified atom stereocenters. The highest BCUT2D eigenvalue weighted by atomic mass is 16.1. The molecule has 0 saturated carbocycles. The lowest BCUT2D eigenvalue weighted by Gasteiger charge is -1.89. The van der Waals surface area contributed by atoms with Crippen molar-refractivity contribution in [3.05, 3.63) is 36.5 Å². The van der Waals surface area contributed by atoms with Crippen LogP contribution in [-0.2, 0) is 4.79 Å². The van der Waals surface area contributed by atoms with E-state index in [4.69, 9.17) is 0 Å². The van der Waals surface area contributed by atoms with Gasteiger partial charge in [-0.05, 0) is 32.3 Å². The van der Waals surface area contributed by atoms with E-state index in [-0.39, 0.29) is 0 Å². The molecule has 0 bridgehead atoms. The molecule has 0 fully saturated rings. The maximum atomic E-state index is 9.87. The SMILES string of the molecule is C=C(C)/C=C/CCC/C=C/C=O. The highest BCUT2D eigenvalue weighted by Crippen LogP contribution is 1.99. The van der Waals surface area contributed by atoms with Crippen molar-refractivity contribution in [2.24, 2.45) is 0 Å². The van der Waals surface area contributed by atoms with Gasteiger partial charge in [0.2, 0.25) is 0 Å². The summed E-state index contributed by atoms with van der Waals surface area (Å²) in [7, 11) is 0. The van der Waals surface area contributed by atoms with E-state index in [0.29, 0.717) is 0 Å². The monoisotopic (exact) mass is 164 g/mol. The third-order valence-electron chi connectivity index (χ3n) is 1.36. The van der Waals surface area contributed by atoms with Crippen LogP contribution in [0.3, 0.4) is 0 Å². The molecule has 0 amide bonds. The Kier molecular flexibility index (Phi) is 7.25. The van der Waals surface area contributed by atoms with E-state index in [0.717, 1.165) is 31.1 Å². The lowest BCUT2D eigenvalue weighted by atomic mass is 10.2. The third-order valence-corrected chi connectivity index (χ3v) is 1.36. The van der Waals surface area contributed by atoms with Crippen LogP contribution in [0, 0.1) is 0 Å². The van der Waals surface area contributed by atoms with Gasteiger partial charge in [0.05, 0.1) is 0 Å². The van der Waals surface area contributed by atoms with Gasteiger partial charge in [0.15, 0.2) is 0 Å². The van der Waals surface area contributed by atoms with E-state index >= 15 is 0 Å². The van der Waals surface area contributed by atoms with Gasteiger partial charge < -0.3 is 0 Å². The molecule has 1 heteroatoms. The normalized spacial score (nSPS) is 11.1. The average Bonchev–Trinajstić information content (AvgIpc) is 2.02. The lowest BCUT2D eigenvalue weighted by molar-refractivity contribution is -0.104. The molecule has 66 valence electrons. The summed E-state index contributed by atoms with van der Waals surface area (Å²) in [6.45, 7) is 5.73. The molecular weight excluding hydrogens is 148 g/mol. The molecule has 0 heterocycles. The highest BCUT2D eigenvalue weighted by molar-refractivity contribution is 5.64. The summed E-state index contributed by atoms with van der Waals surface area (Å²) in [6, 6.07) is 0. The minimum Gasteiger partial charge on any atom is -0.299 e. The quantitative estimate of drug-likeness (QED) is 0.255. The van der Waals surface area contributed by atoms with Crippen LogP contribution >= 0.6 is 0 Å². The zero-order valence-electron chi connectivity index (χ0n) is 7.62. The van der Waals surface area contributed by atoms with Gasteiger partial charge in [-0.3, -0.25) is 4.79 Å². The number of aldehydes is 1. The Hall–Kier alpha value is -1.11. The van der Waals surface area contributed by atoms with Gasteiger partial charge in [-0.15, -0.1) is 0 Å². The van der Waals surface area contributed by atoms with Crippen LogP contribution in [0.15, 0.2) is 36.5 Å². The molecule has 0 aliphatic rings. The first-order chi connectivity index (χ1) is 5.77. The van der Waals surface area contributed by atoms with Crippen LogP contribution in [0.2, 0.25) is 0 Å².